The molecule has 0 atom stereocenters. The van der Waals surface area contributed by atoms with E-state index in [2.05, 4.69) is 26.3 Å². The van der Waals surface area contributed by atoms with E-state index in [0.29, 0.717) is 42.7 Å². The fraction of sp³-hybridized carbons (Fsp3) is 0.350. The summed E-state index contributed by atoms with van der Waals surface area (Å²) in [5.41, 5.74) is 1.50. The van der Waals surface area contributed by atoms with Crippen LogP contribution in [0.4, 0.5) is 17.2 Å². The topological polar surface area (TPSA) is 141 Å². The van der Waals surface area contributed by atoms with Gasteiger partial charge in [0.25, 0.3) is 0 Å². The molecule has 0 aliphatic carbocycles. The summed E-state index contributed by atoms with van der Waals surface area (Å²) in [5.74, 6) is -0.335. The lowest BCUT2D eigenvalue weighted by atomic mass is 10.1. The molecular weight excluding hydrogens is 420 g/mol. The van der Waals surface area contributed by atoms with Crippen LogP contribution in [0.25, 0.3) is 0 Å². The van der Waals surface area contributed by atoms with Crippen LogP contribution >= 0.6 is 12.2 Å². The summed E-state index contributed by atoms with van der Waals surface area (Å²) in [4.78, 5) is 25.4. The van der Waals surface area contributed by atoms with E-state index in [0.717, 1.165) is 6.42 Å². The number of anilines is 2. The van der Waals surface area contributed by atoms with Crippen molar-refractivity contribution in [2.75, 3.05) is 36.8 Å². The molecule has 5 N–H and O–H groups in total. The summed E-state index contributed by atoms with van der Waals surface area (Å²) >= 11 is 5.06. The minimum absolute atomic E-state index is 0.0171. The van der Waals surface area contributed by atoms with E-state index in [1.165, 1.54) is 11.8 Å². The quantitative estimate of drug-likeness (QED) is 0.135. The molecule has 0 aliphatic heterocycles. The van der Waals surface area contributed by atoms with E-state index >= 15 is 0 Å². The summed E-state index contributed by atoms with van der Waals surface area (Å²) in [5, 5.41) is 32.3. The van der Waals surface area contributed by atoms with Crippen molar-refractivity contribution in [2.45, 2.75) is 19.3 Å². The van der Waals surface area contributed by atoms with Crippen LogP contribution in [0.3, 0.4) is 0 Å². The largest absolute Gasteiger partial charge is 0.481 e. The molecule has 1 aromatic carbocycles. The number of carbonyl (C=O) groups is 1. The van der Waals surface area contributed by atoms with Gasteiger partial charge in [-0.2, -0.15) is 0 Å². The predicted molar refractivity (Wildman–Crippen MR) is 123 cm³/mol. The molecule has 0 fully saturated rings. The van der Waals surface area contributed by atoms with Gasteiger partial charge in [0.05, 0.1) is 11.3 Å². The Labute approximate surface area is 185 Å². The molecule has 0 amide bonds. The van der Waals surface area contributed by atoms with E-state index in [4.69, 9.17) is 17.3 Å². The second-order valence-corrected chi connectivity index (χ2v) is 7.02. The fourth-order valence-electron chi connectivity index (χ4n) is 2.67. The lowest BCUT2D eigenvalue weighted by Crippen LogP contribution is -2.37. The van der Waals surface area contributed by atoms with Gasteiger partial charge in [0.15, 0.2) is 5.11 Å². The second-order valence-electron chi connectivity index (χ2n) is 6.61. The molecule has 0 radical (unpaired) electrons. The van der Waals surface area contributed by atoms with Gasteiger partial charge in [-0.1, -0.05) is 30.3 Å². The number of aromatic nitrogens is 1. The number of aliphatic carboxylic acids is 1. The van der Waals surface area contributed by atoms with Crippen LogP contribution in [0, 0.1) is 10.1 Å². The van der Waals surface area contributed by atoms with Crippen LogP contribution in [0.5, 0.6) is 0 Å². The normalized spacial score (nSPS) is 10.2. The van der Waals surface area contributed by atoms with Gasteiger partial charge >= 0.3 is 11.7 Å². The van der Waals surface area contributed by atoms with E-state index in [1.54, 1.807) is 6.07 Å². The third-order valence-electron chi connectivity index (χ3n) is 4.22. The summed E-state index contributed by atoms with van der Waals surface area (Å²) in [6.07, 6.45) is 2.69. The average molecular weight is 447 g/mol. The summed E-state index contributed by atoms with van der Waals surface area (Å²) < 4.78 is 0. The minimum atomic E-state index is -0.896. The van der Waals surface area contributed by atoms with E-state index in [-0.39, 0.29) is 18.7 Å². The monoisotopic (exact) mass is 446 g/mol. The summed E-state index contributed by atoms with van der Waals surface area (Å²) in [6.45, 7) is 1.93. The zero-order valence-corrected chi connectivity index (χ0v) is 17.8. The van der Waals surface area contributed by atoms with Crippen LogP contribution in [0.2, 0.25) is 0 Å². The second kappa shape index (κ2) is 13.0. The fourth-order valence-corrected chi connectivity index (χ4v) is 2.87. The molecule has 0 aliphatic rings. The number of benzene rings is 1. The van der Waals surface area contributed by atoms with Crippen LogP contribution in [-0.2, 0) is 11.2 Å². The maximum atomic E-state index is 11.3. The molecule has 166 valence electrons. The first-order chi connectivity index (χ1) is 15.0. The molecule has 0 saturated heterocycles. The lowest BCUT2D eigenvalue weighted by Gasteiger charge is -2.12. The molecule has 0 unspecified atom stereocenters. The molecule has 0 spiro atoms. The predicted octanol–water partition coefficient (Wildman–Crippen LogP) is 2.39. The number of nitro groups is 1. The molecule has 2 aromatic rings. The van der Waals surface area contributed by atoms with Gasteiger partial charge in [0, 0.05) is 32.2 Å². The first-order valence-corrected chi connectivity index (χ1v) is 10.3. The Kier molecular flexibility index (Phi) is 9.95. The number of carboxylic acids is 1. The van der Waals surface area contributed by atoms with Gasteiger partial charge in [-0.25, -0.2) is 4.98 Å². The molecule has 1 heterocycles. The zero-order chi connectivity index (χ0) is 22.5. The highest BCUT2D eigenvalue weighted by Gasteiger charge is 2.15. The standard InChI is InChI=1S/C20H26N6O4S/c27-19(28)8-12-24-20(31)23-10-4-9-21-16-13-18(25-14-17(16)26(29)30)22-11-7-15-5-2-1-3-6-15/h1-3,5-6,13-14H,4,7-12H2,(H,27,28)(H2,21,22,25)(H2,23,24,31). The lowest BCUT2D eigenvalue weighted by molar-refractivity contribution is -0.384. The Hall–Kier alpha value is -3.47. The van der Waals surface area contributed by atoms with Gasteiger partial charge in [0.1, 0.15) is 17.7 Å². The molecule has 1 aromatic heterocycles. The number of nitrogens with zero attached hydrogens (tertiary/aromatic N) is 2. The van der Waals surface area contributed by atoms with E-state index < -0.39 is 10.9 Å². The molecule has 0 saturated carbocycles. The van der Waals surface area contributed by atoms with Crippen LogP contribution < -0.4 is 21.3 Å². The Balaban J connectivity index is 1.78. The molecule has 2 rings (SSSR count). The van der Waals surface area contributed by atoms with Crippen molar-refractivity contribution < 1.29 is 14.8 Å². The van der Waals surface area contributed by atoms with Gasteiger partial charge in [0.2, 0.25) is 0 Å². The number of pyridine rings is 1. The molecule has 10 nitrogen and oxygen atoms in total. The SMILES string of the molecule is O=C(O)CCNC(=S)NCCCNc1cc(NCCc2ccccc2)ncc1[N+](=O)[O-]. The van der Waals surface area contributed by atoms with Gasteiger partial charge in [-0.3, -0.25) is 14.9 Å². The van der Waals surface area contributed by atoms with E-state index in [1.807, 2.05) is 30.3 Å². The van der Waals surface area contributed by atoms with Crippen molar-refractivity contribution >= 4 is 40.5 Å². The summed E-state index contributed by atoms with van der Waals surface area (Å²) in [7, 11) is 0. The molecule has 11 heteroatoms. The number of carboxylic acid groups (broad SMARTS) is 1. The number of nitrogens with one attached hydrogen (secondary N) is 4. The molecular formula is C20H26N6O4S. The van der Waals surface area contributed by atoms with Crippen molar-refractivity contribution in [1.82, 2.24) is 15.6 Å². The third-order valence-corrected chi connectivity index (χ3v) is 4.51. The van der Waals surface area contributed by atoms with Crippen LogP contribution in [0.15, 0.2) is 42.6 Å². The number of hydrogen-bond acceptors (Lipinski definition) is 7. The number of rotatable bonds is 13. The van der Waals surface area contributed by atoms with Crippen molar-refractivity contribution in [3.8, 4) is 0 Å². The first kappa shape index (κ1) is 23.8. The highest BCUT2D eigenvalue weighted by Crippen LogP contribution is 2.25. The number of thiocarbonyl (C=S) groups is 1. The van der Waals surface area contributed by atoms with E-state index in [9.17, 15) is 14.9 Å². The Bertz CT molecular complexity index is 881. The average Bonchev–Trinajstić information content (AvgIpc) is 2.74. The Morgan fingerprint density at radius 2 is 1.84 bits per heavy atom. The zero-order valence-electron chi connectivity index (χ0n) is 17.0. The van der Waals surface area contributed by atoms with Crippen molar-refractivity contribution in [2.24, 2.45) is 0 Å². The Morgan fingerprint density at radius 1 is 1.10 bits per heavy atom. The number of hydrogen-bond donors (Lipinski definition) is 5. The first-order valence-electron chi connectivity index (χ1n) is 9.85. The van der Waals surface area contributed by atoms with Gasteiger partial charge < -0.3 is 26.4 Å². The van der Waals surface area contributed by atoms with Crippen molar-refractivity contribution in [1.29, 1.82) is 0 Å². The van der Waals surface area contributed by atoms with Crippen molar-refractivity contribution in [3.05, 3.63) is 58.3 Å². The highest BCUT2D eigenvalue weighted by atomic mass is 32.1. The maximum Gasteiger partial charge on any atom is 0.310 e. The van der Waals surface area contributed by atoms with Crippen LogP contribution in [0.1, 0.15) is 18.4 Å². The smallest absolute Gasteiger partial charge is 0.310 e. The maximum absolute atomic E-state index is 11.3. The van der Waals surface area contributed by atoms with Crippen molar-refractivity contribution in [3.63, 3.8) is 0 Å². The van der Waals surface area contributed by atoms with Gasteiger partial charge in [-0.05, 0) is 30.6 Å². The highest BCUT2D eigenvalue weighted by molar-refractivity contribution is 7.80. The Morgan fingerprint density at radius 3 is 2.55 bits per heavy atom. The summed E-state index contributed by atoms with van der Waals surface area (Å²) in [6, 6.07) is 11.6. The minimum Gasteiger partial charge on any atom is -0.481 e. The third kappa shape index (κ3) is 9.26. The molecule has 0 bridgehead atoms. The van der Waals surface area contributed by atoms with Gasteiger partial charge in [-0.15, -0.1) is 0 Å². The molecule has 31 heavy (non-hydrogen) atoms. The van der Waals surface area contributed by atoms with Crippen LogP contribution in [-0.4, -0.2) is 52.3 Å².